The highest BCUT2D eigenvalue weighted by atomic mass is 32.2. The number of β-lactam (4-membered cyclic amide) rings is 1. The van der Waals surface area contributed by atoms with E-state index >= 15 is 0 Å². The summed E-state index contributed by atoms with van der Waals surface area (Å²) in [6.45, 7) is 5.51. The van der Waals surface area contributed by atoms with Crippen LogP contribution in [0.4, 0.5) is 0 Å². The molecule has 1 fully saturated rings. The van der Waals surface area contributed by atoms with Gasteiger partial charge in [0.2, 0.25) is 5.91 Å². The average molecular weight is 289 g/mol. The van der Waals surface area contributed by atoms with Crippen molar-refractivity contribution in [3.05, 3.63) is 9.93 Å². The number of rotatable bonds is 4. The van der Waals surface area contributed by atoms with Crippen molar-refractivity contribution in [1.82, 2.24) is 4.90 Å². The van der Waals surface area contributed by atoms with Crippen molar-refractivity contribution >= 4 is 35.4 Å². The summed E-state index contributed by atoms with van der Waals surface area (Å²) in [5.41, 5.74) is 0.0746. The Hall–Kier alpha value is -0.660. The summed E-state index contributed by atoms with van der Waals surface area (Å²) in [5.74, 6) is -1.86. The second-order valence-corrected chi connectivity index (χ2v) is 7.56. The first-order chi connectivity index (χ1) is 8.34. The standard InChI is InChI=1S/C11H15NO4S2/c1-4(2)17-11-7(10(15)16)12-8(14)6(5(3)13)9(12)18-11/h4-6,9,13H,1-3H3,(H,15,16)/t5-,6+,9+/m0/s1. The van der Waals surface area contributed by atoms with Crippen LogP contribution in [-0.4, -0.2) is 43.7 Å². The average Bonchev–Trinajstić information content (AvgIpc) is 2.51. The first kappa shape index (κ1) is 13.8. The van der Waals surface area contributed by atoms with Crippen LogP contribution in [0.25, 0.3) is 0 Å². The zero-order valence-corrected chi connectivity index (χ0v) is 11.9. The van der Waals surface area contributed by atoms with E-state index in [0.29, 0.717) is 4.24 Å². The van der Waals surface area contributed by atoms with Crippen molar-refractivity contribution in [2.75, 3.05) is 0 Å². The molecule has 0 aromatic carbocycles. The number of thioether (sulfide) groups is 2. The molecule has 2 aliphatic heterocycles. The normalized spacial score (nSPS) is 28.5. The van der Waals surface area contributed by atoms with Crippen LogP contribution in [0.5, 0.6) is 0 Å². The second kappa shape index (κ2) is 4.79. The van der Waals surface area contributed by atoms with E-state index < -0.39 is 18.0 Å². The van der Waals surface area contributed by atoms with Crippen LogP contribution in [0.2, 0.25) is 0 Å². The Morgan fingerprint density at radius 3 is 2.50 bits per heavy atom. The Morgan fingerprint density at radius 2 is 2.06 bits per heavy atom. The summed E-state index contributed by atoms with van der Waals surface area (Å²) < 4.78 is 0.666. The van der Waals surface area contributed by atoms with E-state index in [0.717, 1.165) is 0 Å². The highest BCUT2D eigenvalue weighted by molar-refractivity contribution is 8.23. The van der Waals surface area contributed by atoms with Crippen LogP contribution in [0, 0.1) is 5.92 Å². The van der Waals surface area contributed by atoms with E-state index in [2.05, 4.69) is 0 Å². The van der Waals surface area contributed by atoms with Gasteiger partial charge < -0.3 is 10.2 Å². The Morgan fingerprint density at radius 1 is 1.44 bits per heavy atom. The molecule has 0 bridgehead atoms. The number of carboxylic acid groups (broad SMARTS) is 1. The Labute approximate surface area is 114 Å². The molecule has 0 spiro atoms. The highest BCUT2D eigenvalue weighted by Crippen LogP contribution is 2.54. The Bertz CT molecular complexity index is 433. The minimum absolute atomic E-state index is 0.0746. The number of aliphatic hydroxyl groups excluding tert-OH is 1. The van der Waals surface area contributed by atoms with E-state index in [1.165, 1.54) is 28.4 Å². The molecule has 0 radical (unpaired) electrons. The summed E-state index contributed by atoms with van der Waals surface area (Å²) in [5, 5.41) is 18.8. The fourth-order valence-electron chi connectivity index (χ4n) is 2.05. The maximum absolute atomic E-state index is 11.9. The van der Waals surface area contributed by atoms with Crippen LogP contribution in [-0.2, 0) is 9.59 Å². The number of nitrogens with zero attached hydrogens (tertiary/aromatic N) is 1. The van der Waals surface area contributed by atoms with Crippen LogP contribution >= 0.6 is 23.5 Å². The Kier molecular flexibility index (Phi) is 3.66. The summed E-state index contributed by atoms with van der Waals surface area (Å²) in [4.78, 5) is 24.4. The molecule has 0 aromatic heterocycles. The number of carbonyl (C=O) groups is 2. The topological polar surface area (TPSA) is 77.8 Å². The van der Waals surface area contributed by atoms with Crippen LogP contribution in [0.1, 0.15) is 20.8 Å². The third kappa shape index (κ3) is 2.04. The number of fused-ring (bicyclic) bond motifs is 1. The molecule has 2 N–H and O–H groups in total. The van der Waals surface area contributed by atoms with Gasteiger partial charge in [0, 0.05) is 5.25 Å². The van der Waals surface area contributed by atoms with Crippen molar-refractivity contribution < 1.29 is 19.8 Å². The molecule has 2 heterocycles. The van der Waals surface area contributed by atoms with E-state index in [1.54, 1.807) is 6.92 Å². The SMILES string of the molecule is CC(C)SC1=C(C(=O)O)N2C(=O)[C@@H]([C@H](C)O)[C@H]2S1. The molecule has 0 aromatic rings. The highest BCUT2D eigenvalue weighted by Gasteiger charge is 2.57. The van der Waals surface area contributed by atoms with Gasteiger partial charge in [0.15, 0.2) is 5.70 Å². The third-order valence-electron chi connectivity index (χ3n) is 2.81. The molecule has 0 saturated carbocycles. The number of carbonyl (C=O) groups excluding carboxylic acids is 1. The Balaban J connectivity index is 2.27. The predicted octanol–water partition coefficient (Wildman–Crippen LogP) is 1.29. The fourth-order valence-corrected chi connectivity index (χ4v) is 5.19. The van der Waals surface area contributed by atoms with E-state index in [4.69, 9.17) is 0 Å². The molecule has 0 aliphatic carbocycles. The molecule has 1 amide bonds. The number of carboxylic acids is 1. The lowest BCUT2D eigenvalue weighted by molar-refractivity contribution is -0.156. The molecule has 100 valence electrons. The number of amides is 1. The number of aliphatic hydroxyl groups is 1. The third-order valence-corrected chi connectivity index (χ3v) is 5.42. The van der Waals surface area contributed by atoms with Crippen LogP contribution in [0.15, 0.2) is 9.93 Å². The van der Waals surface area contributed by atoms with Crippen molar-refractivity contribution in [2.24, 2.45) is 5.92 Å². The zero-order valence-electron chi connectivity index (χ0n) is 10.3. The molecular weight excluding hydrogens is 274 g/mol. The van der Waals surface area contributed by atoms with Crippen molar-refractivity contribution in [3.8, 4) is 0 Å². The molecule has 3 atom stereocenters. The monoisotopic (exact) mass is 289 g/mol. The summed E-state index contributed by atoms with van der Waals surface area (Å²) in [6.07, 6.45) is -0.746. The summed E-state index contributed by atoms with van der Waals surface area (Å²) >= 11 is 2.82. The predicted molar refractivity (Wildman–Crippen MR) is 70.8 cm³/mol. The van der Waals surface area contributed by atoms with Crippen LogP contribution < -0.4 is 0 Å². The van der Waals surface area contributed by atoms with Gasteiger partial charge in [0.1, 0.15) is 5.37 Å². The summed E-state index contributed by atoms with van der Waals surface area (Å²) in [6, 6.07) is 0. The van der Waals surface area contributed by atoms with Gasteiger partial charge in [-0.1, -0.05) is 25.6 Å². The number of hydrogen-bond donors (Lipinski definition) is 2. The van der Waals surface area contributed by atoms with Gasteiger partial charge in [0.05, 0.1) is 16.3 Å². The van der Waals surface area contributed by atoms with Gasteiger partial charge in [-0.25, -0.2) is 4.79 Å². The molecule has 0 unspecified atom stereocenters. The van der Waals surface area contributed by atoms with Gasteiger partial charge in [-0.15, -0.1) is 11.8 Å². The van der Waals surface area contributed by atoms with E-state index in [9.17, 15) is 19.8 Å². The number of hydrogen-bond acceptors (Lipinski definition) is 5. The minimum Gasteiger partial charge on any atom is -0.477 e. The van der Waals surface area contributed by atoms with Gasteiger partial charge in [-0.2, -0.15) is 0 Å². The van der Waals surface area contributed by atoms with Crippen molar-refractivity contribution in [3.63, 3.8) is 0 Å². The van der Waals surface area contributed by atoms with Crippen molar-refractivity contribution in [2.45, 2.75) is 37.5 Å². The first-order valence-corrected chi connectivity index (χ1v) is 7.42. The minimum atomic E-state index is -1.08. The first-order valence-electron chi connectivity index (χ1n) is 5.66. The van der Waals surface area contributed by atoms with Gasteiger partial charge in [0.25, 0.3) is 0 Å². The number of aliphatic carboxylic acids is 1. The van der Waals surface area contributed by atoms with Gasteiger partial charge >= 0.3 is 5.97 Å². The largest absolute Gasteiger partial charge is 0.477 e. The van der Waals surface area contributed by atoms with Gasteiger partial charge in [-0.3, -0.25) is 9.69 Å². The zero-order chi connectivity index (χ0) is 13.6. The quantitative estimate of drug-likeness (QED) is 0.759. The maximum atomic E-state index is 11.9. The van der Waals surface area contributed by atoms with E-state index in [1.807, 2.05) is 13.8 Å². The molecule has 18 heavy (non-hydrogen) atoms. The van der Waals surface area contributed by atoms with Gasteiger partial charge in [-0.05, 0) is 6.92 Å². The van der Waals surface area contributed by atoms with Crippen molar-refractivity contribution in [1.29, 1.82) is 0 Å². The molecule has 2 rings (SSSR count). The molecular formula is C11H15NO4S2. The van der Waals surface area contributed by atoms with Crippen LogP contribution in [0.3, 0.4) is 0 Å². The molecule has 1 saturated heterocycles. The smallest absolute Gasteiger partial charge is 0.354 e. The maximum Gasteiger partial charge on any atom is 0.354 e. The molecule has 2 aliphatic rings. The lowest BCUT2D eigenvalue weighted by atomic mass is 9.92. The fraction of sp³-hybridized carbons (Fsp3) is 0.636. The lowest BCUT2D eigenvalue weighted by Crippen LogP contribution is -2.60. The molecule has 7 heteroatoms. The van der Waals surface area contributed by atoms with E-state index in [-0.39, 0.29) is 22.2 Å². The molecule has 5 nitrogen and oxygen atoms in total. The second-order valence-electron chi connectivity index (χ2n) is 4.59. The lowest BCUT2D eigenvalue weighted by Gasteiger charge is -2.43. The summed E-state index contributed by atoms with van der Waals surface area (Å²) in [7, 11) is 0.